The third kappa shape index (κ3) is 2.88. The van der Waals surface area contributed by atoms with E-state index >= 15 is 0 Å². The topological polar surface area (TPSA) is 20.3 Å². The Morgan fingerprint density at radius 2 is 1.10 bits per heavy atom. The number of rotatable bonds is 1. The van der Waals surface area contributed by atoms with Crippen molar-refractivity contribution in [2.45, 2.75) is 5.41 Å². The van der Waals surface area contributed by atoms with Gasteiger partial charge >= 0.3 is 0 Å². The molecule has 0 saturated heterocycles. The summed E-state index contributed by atoms with van der Waals surface area (Å²) in [4.78, 5) is 16.3. The molecule has 6 aromatic carbocycles. The van der Waals surface area contributed by atoms with Crippen molar-refractivity contribution in [1.29, 1.82) is 0 Å². The predicted octanol–water partition coefficient (Wildman–Crippen LogP) is 9.56. The Bertz CT molecular complexity index is 2200. The Balaban J connectivity index is 1.47. The molecule has 2 aliphatic rings. The molecule has 41 heavy (non-hydrogen) atoms. The molecule has 1 spiro atoms. The quantitative estimate of drug-likeness (QED) is 0.193. The van der Waals surface area contributed by atoms with Crippen molar-refractivity contribution in [3.8, 4) is 11.1 Å². The summed E-state index contributed by atoms with van der Waals surface area (Å²) in [6.45, 7) is 0. The molecule has 7 aromatic rings. The molecule has 2 nitrogen and oxygen atoms in total. The summed E-state index contributed by atoms with van der Waals surface area (Å²) >= 11 is 1.70. The van der Waals surface area contributed by atoms with Gasteiger partial charge in [0.15, 0.2) is 5.43 Å². The number of hydrogen-bond donors (Lipinski definition) is 0. The highest BCUT2D eigenvalue weighted by molar-refractivity contribution is 7.24. The molecule has 9 rings (SSSR count). The molecule has 0 atom stereocenters. The van der Waals surface area contributed by atoms with Gasteiger partial charge in [0.05, 0.1) is 16.8 Å². The van der Waals surface area contributed by atoms with E-state index in [1.165, 1.54) is 33.4 Å². The van der Waals surface area contributed by atoms with E-state index < -0.39 is 5.41 Å². The SMILES string of the molecule is O=c1c2ccccc2sc2cc3c(cc12)C1(c2ccccc2-3)c2ccccc2N(c2ccccc2)c2ccccc21. The first kappa shape index (κ1) is 22.8. The maximum absolute atomic E-state index is 14.0. The molecule has 0 unspecified atom stereocenters. The van der Waals surface area contributed by atoms with Gasteiger partial charge in [0, 0.05) is 25.9 Å². The molecule has 0 N–H and O–H groups in total. The summed E-state index contributed by atoms with van der Waals surface area (Å²) in [5, 5.41) is 1.58. The summed E-state index contributed by atoms with van der Waals surface area (Å²) in [5.74, 6) is 0. The number of fused-ring (bicyclic) bond motifs is 11. The van der Waals surface area contributed by atoms with Crippen molar-refractivity contribution in [1.82, 2.24) is 0 Å². The highest BCUT2D eigenvalue weighted by Crippen LogP contribution is 2.63. The second-order valence-corrected chi connectivity index (χ2v) is 11.9. The molecule has 0 saturated carbocycles. The molecule has 2 heterocycles. The van der Waals surface area contributed by atoms with Crippen LogP contribution in [0, 0.1) is 0 Å². The van der Waals surface area contributed by atoms with Crippen molar-refractivity contribution < 1.29 is 0 Å². The van der Waals surface area contributed by atoms with Crippen LogP contribution in [0.25, 0.3) is 31.3 Å². The van der Waals surface area contributed by atoms with Gasteiger partial charge in [0.1, 0.15) is 0 Å². The molecule has 0 amide bonds. The van der Waals surface area contributed by atoms with Gasteiger partial charge in [-0.1, -0.05) is 91.0 Å². The molecule has 192 valence electrons. The summed E-state index contributed by atoms with van der Waals surface area (Å²) < 4.78 is 2.06. The maximum Gasteiger partial charge on any atom is 0.195 e. The highest BCUT2D eigenvalue weighted by atomic mass is 32.1. The Morgan fingerprint density at radius 3 is 1.85 bits per heavy atom. The van der Waals surface area contributed by atoms with E-state index in [1.54, 1.807) is 11.3 Å². The second-order valence-electron chi connectivity index (χ2n) is 10.8. The molecule has 1 aromatic heterocycles. The standard InChI is InChI=1S/C38H23NOS/c40-37-26-15-5-11-21-35(26)41-36-23-27-25-14-4-6-16-29(25)38(32(27)22-28(36)37)30-17-7-9-19-33(30)39(24-12-2-1-3-13-24)34-20-10-8-18-31(34)38/h1-23H. The molecule has 0 fully saturated rings. The lowest BCUT2D eigenvalue weighted by Crippen LogP contribution is -2.36. The maximum atomic E-state index is 14.0. The minimum atomic E-state index is -0.554. The zero-order valence-corrected chi connectivity index (χ0v) is 22.9. The summed E-state index contributed by atoms with van der Waals surface area (Å²) in [6.07, 6.45) is 0. The molecule has 1 aliphatic heterocycles. The third-order valence-corrected chi connectivity index (χ3v) is 9.99. The third-order valence-electron chi connectivity index (χ3n) is 8.85. The van der Waals surface area contributed by atoms with Gasteiger partial charge < -0.3 is 4.90 Å². The normalized spacial score (nSPS) is 14.1. The average Bonchev–Trinajstić information content (AvgIpc) is 3.31. The number of anilines is 3. The predicted molar refractivity (Wildman–Crippen MR) is 171 cm³/mol. The van der Waals surface area contributed by atoms with E-state index in [1.807, 2.05) is 18.2 Å². The smallest absolute Gasteiger partial charge is 0.195 e. The lowest BCUT2D eigenvalue weighted by molar-refractivity contribution is 0.753. The molecule has 3 heteroatoms. The van der Waals surface area contributed by atoms with Crippen molar-refractivity contribution in [2.24, 2.45) is 0 Å². The fourth-order valence-corrected chi connectivity index (χ4v) is 8.35. The van der Waals surface area contributed by atoms with Crippen LogP contribution in [0.2, 0.25) is 0 Å². The van der Waals surface area contributed by atoms with Gasteiger partial charge in [-0.05, 0) is 81.9 Å². The van der Waals surface area contributed by atoms with E-state index in [2.05, 4.69) is 126 Å². The minimum Gasteiger partial charge on any atom is -0.310 e. The van der Waals surface area contributed by atoms with Gasteiger partial charge in [0.2, 0.25) is 0 Å². The van der Waals surface area contributed by atoms with Crippen LogP contribution in [0.5, 0.6) is 0 Å². The van der Waals surface area contributed by atoms with Crippen LogP contribution in [0.3, 0.4) is 0 Å². The zero-order valence-electron chi connectivity index (χ0n) is 22.0. The van der Waals surface area contributed by atoms with Crippen LogP contribution in [0.15, 0.2) is 144 Å². The number of benzene rings is 6. The van der Waals surface area contributed by atoms with Crippen LogP contribution >= 0.6 is 11.3 Å². The molecule has 1 aliphatic carbocycles. The van der Waals surface area contributed by atoms with Gasteiger partial charge in [-0.15, -0.1) is 11.3 Å². The first-order valence-corrected chi connectivity index (χ1v) is 14.7. The fourth-order valence-electron chi connectivity index (χ4n) is 7.25. The second kappa shape index (κ2) is 8.26. The summed E-state index contributed by atoms with van der Waals surface area (Å²) in [6, 6.07) is 49.4. The van der Waals surface area contributed by atoms with Crippen LogP contribution in [0.4, 0.5) is 17.1 Å². The summed E-state index contributed by atoms with van der Waals surface area (Å²) in [5.41, 5.74) is 10.3. The van der Waals surface area contributed by atoms with E-state index in [0.29, 0.717) is 0 Å². The van der Waals surface area contributed by atoms with Gasteiger partial charge in [-0.25, -0.2) is 0 Å². The van der Waals surface area contributed by atoms with Crippen molar-refractivity contribution in [3.05, 3.63) is 172 Å². The number of hydrogen-bond acceptors (Lipinski definition) is 3. The molecule has 0 radical (unpaired) electrons. The van der Waals surface area contributed by atoms with Crippen molar-refractivity contribution >= 4 is 48.6 Å². The van der Waals surface area contributed by atoms with E-state index in [4.69, 9.17) is 0 Å². The first-order valence-electron chi connectivity index (χ1n) is 13.9. The lowest BCUT2D eigenvalue weighted by atomic mass is 9.64. The number of para-hydroxylation sites is 3. The van der Waals surface area contributed by atoms with Crippen LogP contribution in [0.1, 0.15) is 22.3 Å². The monoisotopic (exact) mass is 541 g/mol. The zero-order chi connectivity index (χ0) is 27.1. The minimum absolute atomic E-state index is 0.103. The Hall–Kier alpha value is -4.99. The first-order chi connectivity index (χ1) is 20.3. The molecule has 0 bridgehead atoms. The van der Waals surface area contributed by atoms with Crippen molar-refractivity contribution in [2.75, 3.05) is 4.90 Å². The Morgan fingerprint density at radius 1 is 0.488 bits per heavy atom. The van der Waals surface area contributed by atoms with Crippen LogP contribution in [-0.2, 0) is 5.41 Å². The van der Waals surface area contributed by atoms with Gasteiger partial charge in [0.25, 0.3) is 0 Å². The van der Waals surface area contributed by atoms with Gasteiger partial charge in [-0.3, -0.25) is 4.79 Å². The Kier molecular flexibility index (Phi) is 4.59. The van der Waals surface area contributed by atoms with E-state index in [0.717, 1.165) is 37.2 Å². The lowest BCUT2D eigenvalue weighted by Gasteiger charge is -2.45. The highest BCUT2D eigenvalue weighted by Gasteiger charge is 2.51. The van der Waals surface area contributed by atoms with Crippen LogP contribution < -0.4 is 10.3 Å². The van der Waals surface area contributed by atoms with E-state index in [9.17, 15) is 4.79 Å². The fraction of sp³-hybridized carbons (Fsp3) is 0.0263. The van der Waals surface area contributed by atoms with E-state index in [-0.39, 0.29) is 5.43 Å². The van der Waals surface area contributed by atoms with Gasteiger partial charge in [-0.2, -0.15) is 0 Å². The largest absolute Gasteiger partial charge is 0.310 e. The van der Waals surface area contributed by atoms with Crippen molar-refractivity contribution in [3.63, 3.8) is 0 Å². The summed E-state index contributed by atoms with van der Waals surface area (Å²) in [7, 11) is 0. The Labute approximate surface area is 241 Å². The van der Waals surface area contributed by atoms with Crippen LogP contribution in [-0.4, -0.2) is 0 Å². The molecular weight excluding hydrogens is 518 g/mol. The number of nitrogens with zero attached hydrogens (tertiary/aromatic N) is 1. The average molecular weight is 542 g/mol. The molecular formula is C38H23NOS.